The number of nitrogen functional groups attached to an aromatic ring is 1. The van der Waals surface area contributed by atoms with Gasteiger partial charge in [0.05, 0.1) is 11.4 Å². The second-order valence-corrected chi connectivity index (χ2v) is 4.82. The van der Waals surface area contributed by atoms with Crippen LogP contribution in [-0.2, 0) is 4.79 Å². The topological polar surface area (TPSA) is 67.1 Å². The van der Waals surface area contributed by atoms with E-state index in [-0.39, 0.29) is 11.9 Å². The number of carbonyl (C=O) groups is 1. The molecule has 0 spiro atoms. The third-order valence-electron chi connectivity index (χ3n) is 2.70. The van der Waals surface area contributed by atoms with Crippen LogP contribution in [0.4, 0.5) is 11.4 Å². The summed E-state index contributed by atoms with van der Waals surface area (Å²) in [6.07, 6.45) is 2.16. The molecule has 1 aliphatic rings. The van der Waals surface area contributed by atoms with E-state index in [1.807, 2.05) is 0 Å². The lowest BCUT2D eigenvalue weighted by Gasteiger charge is -2.16. The van der Waals surface area contributed by atoms with E-state index in [1.54, 1.807) is 25.1 Å². The number of benzene rings is 1. The van der Waals surface area contributed by atoms with Gasteiger partial charge in [0, 0.05) is 11.1 Å². The molecule has 0 radical (unpaired) electrons. The first-order chi connectivity index (χ1) is 8.06. The lowest BCUT2D eigenvalue weighted by Crippen LogP contribution is -2.38. The second kappa shape index (κ2) is 4.84. The number of nitrogens with two attached hydrogens (primary N) is 1. The maximum absolute atomic E-state index is 11.7. The number of amides is 1. The molecule has 1 aliphatic carbocycles. The van der Waals surface area contributed by atoms with E-state index in [4.69, 9.17) is 17.3 Å². The van der Waals surface area contributed by atoms with E-state index < -0.39 is 0 Å². The summed E-state index contributed by atoms with van der Waals surface area (Å²) in [6.45, 7) is 1.80. The van der Waals surface area contributed by atoms with Gasteiger partial charge in [-0.05, 0) is 38.0 Å². The lowest BCUT2D eigenvalue weighted by atomic mass is 10.2. The Morgan fingerprint density at radius 1 is 1.53 bits per heavy atom. The van der Waals surface area contributed by atoms with Gasteiger partial charge >= 0.3 is 0 Å². The van der Waals surface area contributed by atoms with Crippen molar-refractivity contribution < 1.29 is 4.79 Å². The van der Waals surface area contributed by atoms with Crippen molar-refractivity contribution in [2.75, 3.05) is 11.1 Å². The van der Waals surface area contributed by atoms with E-state index in [2.05, 4.69) is 10.6 Å². The van der Waals surface area contributed by atoms with Gasteiger partial charge < -0.3 is 16.4 Å². The molecule has 4 N–H and O–H groups in total. The Balaban J connectivity index is 1.98. The SMILES string of the molecule is CC(Nc1cc(Cl)ccc1N)C(=O)NC1CC1. The Kier molecular flexibility index (Phi) is 3.43. The summed E-state index contributed by atoms with van der Waals surface area (Å²) in [4.78, 5) is 11.7. The van der Waals surface area contributed by atoms with Gasteiger partial charge in [-0.15, -0.1) is 0 Å². The first-order valence-electron chi connectivity index (χ1n) is 5.68. The summed E-state index contributed by atoms with van der Waals surface area (Å²) in [5, 5.41) is 6.59. The van der Waals surface area contributed by atoms with Gasteiger partial charge in [0.2, 0.25) is 5.91 Å². The molecule has 0 bridgehead atoms. The van der Waals surface area contributed by atoms with E-state index in [1.165, 1.54) is 0 Å². The first-order valence-corrected chi connectivity index (χ1v) is 6.06. The zero-order valence-corrected chi connectivity index (χ0v) is 10.4. The number of nitrogens with one attached hydrogen (secondary N) is 2. The highest BCUT2D eigenvalue weighted by molar-refractivity contribution is 6.31. The van der Waals surface area contributed by atoms with Crippen LogP contribution < -0.4 is 16.4 Å². The molecular formula is C12H16ClN3O. The zero-order chi connectivity index (χ0) is 12.4. The quantitative estimate of drug-likeness (QED) is 0.719. The number of anilines is 2. The highest BCUT2D eigenvalue weighted by atomic mass is 35.5. The summed E-state index contributed by atoms with van der Waals surface area (Å²) in [7, 11) is 0. The van der Waals surface area contributed by atoms with Crippen LogP contribution in [0.25, 0.3) is 0 Å². The monoisotopic (exact) mass is 253 g/mol. The number of rotatable bonds is 4. The van der Waals surface area contributed by atoms with Crippen LogP contribution in [0.5, 0.6) is 0 Å². The fraction of sp³-hybridized carbons (Fsp3) is 0.417. The largest absolute Gasteiger partial charge is 0.397 e. The summed E-state index contributed by atoms with van der Waals surface area (Å²) in [5.41, 5.74) is 7.07. The number of hydrogen-bond donors (Lipinski definition) is 3. The molecule has 17 heavy (non-hydrogen) atoms. The van der Waals surface area contributed by atoms with Crippen molar-refractivity contribution in [1.82, 2.24) is 5.32 Å². The molecule has 0 aliphatic heterocycles. The predicted molar refractivity (Wildman–Crippen MR) is 70.1 cm³/mol. The minimum Gasteiger partial charge on any atom is -0.397 e. The third-order valence-corrected chi connectivity index (χ3v) is 2.94. The molecule has 0 aromatic heterocycles. The fourth-order valence-corrected chi connectivity index (χ4v) is 1.68. The second-order valence-electron chi connectivity index (χ2n) is 4.38. The average Bonchev–Trinajstić information content (AvgIpc) is 3.07. The maximum Gasteiger partial charge on any atom is 0.242 e. The Morgan fingerprint density at radius 3 is 2.88 bits per heavy atom. The number of halogens is 1. The van der Waals surface area contributed by atoms with Gasteiger partial charge in [-0.2, -0.15) is 0 Å². The molecule has 1 aromatic carbocycles. The Morgan fingerprint density at radius 2 is 2.24 bits per heavy atom. The average molecular weight is 254 g/mol. The summed E-state index contributed by atoms with van der Waals surface area (Å²) in [5.74, 6) is -0.00752. The van der Waals surface area contributed by atoms with Crippen LogP contribution in [0.3, 0.4) is 0 Å². The Bertz CT molecular complexity index is 432. The molecule has 1 unspecified atom stereocenters. The molecule has 0 saturated heterocycles. The van der Waals surface area contributed by atoms with Crippen molar-refractivity contribution in [2.24, 2.45) is 0 Å². The summed E-state index contributed by atoms with van der Waals surface area (Å²) < 4.78 is 0. The minimum absolute atomic E-state index is 0.00752. The molecule has 2 rings (SSSR count). The molecule has 92 valence electrons. The third kappa shape index (κ3) is 3.27. The Hall–Kier alpha value is -1.42. The van der Waals surface area contributed by atoms with Crippen molar-refractivity contribution in [2.45, 2.75) is 31.8 Å². The predicted octanol–water partition coefficient (Wildman–Crippen LogP) is 2.00. The standard InChI is InChI=1S/C12H16ClN3O/c1-7(12(17)16-9-3-4-9)15-11-6-8(13)2-5-10(11)14/h2,5-7,9,15H,3-4,14H2,1H3,(H,16,17). The Labute approximate surface area is 106 Å². The van der Waals surface area contributed by atoms with E-state index in [9.17, 15) is 4.79 Å². The fourth-order valence-electron chi connectivity index (χ4n) is 1.51. The smallest absolute Gasteiger partial charge is 0.242 e. The van der Waals surface area contributed by atoms with Crippen LogP contribution >= 0.6 is 11.6 Å². The van der Waals surface area contributed by atoms with Crippen LogP contribution in [0.1, 0.15) is 19.8 Å². The zero-order valence-electron chi connectivity index (χ0n) is 9.66. The van der Waals surface area contributed by atoms with Gasteiger partial charge in [0.1, 0.15) is 6.04 Å². The number of hydrogen-bond acceptors (Lipinski definition) is 3. The first kappa shape index (κ1) is 12.0. The lowest BCUT2D eigenvalue weighted by molar-refractivity contribution is -0.121. The normalized spacial score (nSPS) is 16.4. The molecule has 1 saturated carbocycles. The maximum atomic E-state index is 11.7. The summed E-state index contributed by atoms with van der Waals surface area (Å²) >= 11 is 5.88. The molecule has 1 atom stereocenters. The molecule has 4 nitrogen and oxygen atoms in total. The van der Waals surface area contributed by atoms with Crippen LogP contribution in [0, 0.1) is 0 Å². The molecule has 1 amide bonds. The van der Waals surface area contributed by atoms with Gasteiger partial charge in [0.15, 0.2) is 0 Å². The van der Waals surface area contributed by atoms with Crippen molar-refractivity contribution >= 4 is 28.9 Å². The molecular weight excluding hydrogens is 238 g/mol. The minimum atomic E-state index is -0.323. The van der Waals surface area contributed by atoms with Crippen LogP contribution in [0.15, 0.2) is 18.2 Å². The van der Waals surface area contributed by atoms with E-state index in [0.717, 1.165) is 12.8 Å². The molecule has 5 heteroatoms. The van der Waals surface area contributed by atoms with Gasteiger partial charge in [0.25, 0.3) is 0 Å². The van der Waals surface area contributed by atoms with Crippen molar-refractivity contribution in [1.29, 1.82) is 0 Å². The van der Waals surface area contributed by atoms with Crippen molar-refractivity contribution in [3.63, 3.8) is 0 Å². The van der Waals surface area contributed by atoms with Crippen LogP contribution in [-0.4, -0.2) is 18.0 Å². The van der Waals surface area contributed by atoms with Crippen molar-refractivity contribution in [3.05, 3.63) is 23.2 Å². The van der Waals surface area contributed by atoms with E-state index in [0.29, 0.717) is 22.4 Å². The van der Waals surface area contributed by atoms with Gasteiger partial charge in [-0.25, -0.2) is 0 Å². The van der Waals surface area contributed by atoms with Gasteiger partial charge in [-0.3, -0.25) is 4.79 Å². The summed E-state index contributed by atoms with van der Waals surface area (Å²) in [6, 6.07) is 5.20. The highest BCUT2D eigenvalue weighted by Gasteiger charge is 2.25. The van der Waals surface area contributed by atoms with Gasteiger partial charge in [-0.1, -0.05) is 11.6 Å². The van der Waals surface area contributed by atoms with E-state index >= 15 is 0 Å². The highest BCUT2D eigenvalue weighted by Crippen LogP contribution is 2.24. The number of carbonyl (C=O) groups excluding carboxylic acids is 1. The molecule has 0 heterocycles. The van der Waals surface area contributed by atoms with Crippen LogP contribution in [0.2, 0.25) is 5.02 Å². The molecule has 1 fully saturated rings. The molecule has 1 aromatic rings. The van der Waals surface area contributed by atoms with Crippen molar-refractivity contribution in [3.8, 4) is 0 Å².